The van der Waals surface area contributed by atoms with Gasteiger partial charge in [-0.3, -0.25) is 20.1 Å². The third kappa shape index (κ3) is 2.84. The van der Waals surface area contributed by atoms with Crippen molar-refractivity contribution in [3.8, 4) is 5.75 Å². The molecule has 0 spiro atoms. The predicted octanol–water partition coefficient (Wildman–Crippen LogP) is 1.88. The van der Waals surface area contributed by atoms with Crippen LogP contribution >= 0.6 is 0 Å². The van der Waals surface area contributed by atoms with E-state index in [1.165, 1.54) is 0 Å². The maximum Gasteiger partial charge on any atom is 0.264 e. The third-order valence-electron chi connectivity index (χ3n) is 5.26. The molecular weight excluding hydrogens is 344 g/mol. The Kier molecular flexibility index (Phi) is 4.53. The van der Waals surface area contributed by atoms with E-state index in [2.05, 4.69) is 10.3 Å². The molecule has 2 fully saturated rings. The maximum absolute atomic E-state index is 13.7. The van der Waals surface area contributed by atoms with Crippen LogP contribution in [0.3, 0.4) is 0 Å². The van der Waals surface area contributed by atoms with Crippen LogP contribution in [0.15, 0.2) is 48.8 Å². The van der Waals surface area contributed by atoms with E-state index >= 15 is 0 Å². The molecule has 2 N–H and O–H groups in total. The second-order valence-electron chi connectivity index (χ2n) is 6.71. The lowest BCUT2D eigenvalue weighted by molar-refractivity contribution is -0.132. The van der Waals surface area contributed by atoms with E-state index in [1.54, 1.807) is 30.5 Å². The molecule has 7 heteroatoms. The number of hydrogen-bond donors (Lipinski definition) is 2. The average molecular weight is 366 g/mol. The van der Waals surface area contributed by atoms with Crippen LogP contribution in [0, 0.1) is 5.41 Å². The molecule has 4 rings (SSSR count). The average Bonchev–Trinajstić information content (AvgIpc) is 3.00. The van der Waals surface area contributed by atoms with E-state index in [9.17, 15) is 4.79 Å². The third-order valence-corrected chi connectivity index (χ3v) is 5.26. The number of ether oxygens (including phenoxy) is 2. The highest BCUT2D eigenvalue weighted by Gasteiger charge is 2.54. The van der Waals surface area contributed by atoms with Gasteiger partial charge in [-0.15, -0.1) is 0 Å². The van der Waals surface area contributed by atoms with Crippen molar-refractivity contribution in [1.29, 1.82) is 5.41 Å². The molecular formula is C20H22N4O3. The number of aromatic nitrogens is 1. The van der Waals surface area contributed by atoms with Crippen molar-refractivity contribution >= 4 is 11.9 Å². The monoisotopic (exact) mass is 366 g/mol. The number of carbonyl (C=O) groups excluding carboxylic acids is 1. The summed E-state index contributed by atoms with van der Waals surface area (Å²) in [6, 6.07) is 11.0. The highest BCUT2D eigenvalue weighted by molar-refractivity contribution is 6.10. The molecule has 27 heavy (non-hydrogen) atoms. The zero-order valence-corrected chi connectivity index (χ0v) is 15.1. The van der Waals surface area contributed by atoms with Gasteiger partial charge in [-0.1, -0.05) is 18.2 Å². The van der Waals surface area contributed by atoms with E-state index in [0.29, 0.717) is 24.5 Å². The minimum absolute atomic E-state index is 0.0388. The molecule has 2 saturated heterocycles. The Morgan fingerprint density at radius 1 is 1.22 bits per heavy atom. The minimum atomic E-state index is -1.17. The van der Waals surface area contributed by atoms with Crippen LogP contribution in [0.25, 0.3) is 0 Å². The summed E-state index contributed by atoms with van der Waals surface area (Å²) in [6.07, 6.45) is 4.80. The Labute approximate surface area is 157 Å². The van der Waals surface area contributed by atoms with Gasteiger partial charge >= 0.3 is 0 Å². The molecule has 1 atom stereocenters. The number of carbonyl (C=O) groups is 1. The first-order valence-electron chi connectivity index (χ1n) is 9.00. The van der Waals surface area contributed by atoms with Crippen molar-refractivity contribution in [3.63, 3.8) is 0 Å². The van der Waals surface area contributed by atoms with Crippen LogP contribution in [0.5, 0.6) is 5.75 Å². The van der Waals surface area contributed by atoms with Gasteiger partial charge in [-0.05, 0) is 36.6 Å². The van der Waals surface area contributed by atoms with E-state index in [1.807, 2.05) is 30.3 Å². The summed E-state index contributed by atoms with van der Waals surface area (Å²) >= 11 is 0. The molecule has 2 aromatic rings. The van der Waals surface area contributed by atoms with Crippen LogP contribution in [-0.2, 0) is 15.1 Å². The molecule has 0 radical (unpaired) electrons. The van der Waals surface area contributed by atoms with Crippen molar-refractivity contribution in [2.45, 2.75) is 24.4 Å². The van der Waals surface area contributed by atoms with Crippen LogP contribution in [0.1, 0.15) is 24.0 Å². The second-order valence-corrected chi connectivity index (χ2v) is 6.71. The van der Waals surface area contributed by atoms with E-state index in [-0.39, 0.29) is 17.9 Å². The number of methoxy groups -OCH3 is 1. The quantitative estimate of drug-likeness (QED) is 0.863. The number of rotatable bonds is 4. The van der Waals surface area contributed by atoms with Gasteiger partial charge in [0.2, 0.25) is 0 Å². The van der Waals surface area contributed by atoms with Gasteiger partial charge in [-0.2, -0.15) is 0 Å². The Hall–Kier alpha value is -2.93. The van der Waals surface area contributed by atoms with Crippen molar-refractivity contribution in [2.75, 3.05) is 20.3 Å². The summed E-state index contributed by atoms with van der Waals surface area (Å²) in [4.78, 5) is 19.5. The Morgan fingerprint density at radius 3 is 2.59 bits per heavy atom. The molecule has 0 saturated carbocycles. The lowest BCUT2D eigenvalue weighted by Crippen LogP contribution is -2.47. The van der Waals surface area contributed by atoms with Crippen molar-refractivity contribution in [1.82, 2.24) is 15.2 Å². The summed E-state index contributed by atoms with van der Waals surface area (Å²) < 4.78 is 10.7. The van der Waals surface area contributed by atoms with Gasteiger partial charge in [0, 0.05) is 37.2 Å². The smallest absolute Gasteiger partial charge is 0.264 e. The van der Waals surface area contributed by atoms with Crippen LogP contribution in [-0.4, -0.2) is 48.1 Å². The summed E-state index contributed by atoms with van der Waals surface area (Å²) in [7, 11) is 1.60. The highest BCUT2D eigenvalue weighted by Crippen LogP contribution is 2.38. The van der Waals surface area contributed by atoms with Crippen LogP contribution in [0.2, 0.25) is 0 Å². The van der Waals surface area contributed by atoms with E-state index < -0.39 is 5.54 Å². The number of nitrogens with zero attached hydrogens (tertiary/aromatic N) is 2. The molecule has 0 bridgehead atoms. The van der Waals surface area contributed by atoms with Gasteiger partial charge in [0.05, 0.1) is 7.11 Å². The van der Waals surface area contributed by atoms with E-state index in [0.717, 1.165) is 18.4 Å². The number of amides is 1. The number of pyridine rings is 1. The second kappa shape index (κ2) is 7.00. The number of nitrogens with one attached hydrogen (secondary N) is 2. The number of guanidine groups is 1. The molecule has 1 unspecified atom stereocenters. The molecule has 2 aliphatic rings. The molecule has 7 nitrogen and oxygen atoms in total. The topological polar surface area (TPSA) is 87.5 Å². The van der Waals surface area contributed by atoms with E-state index in [4.69, 9.17) is 14.9 Å². The zero-order chi connectivity index (χ0) is 18.9. The first-order valence-corrected chi connectivity index (χ1v) is 9.00. The summed E-state index contributed by atoms with van der Waals surface area (Å²) in [5, 5.41) is 11.7. The van der Waals surface area contributed by atoms with Gasteiger partial charge in [-0.25, -0.2) is 0 Å². The molecule has 1 amide bonds. The summed E-state index contributed by atoms with van der Waals surface area (Å²) in [5.74, 6) is 0.672. The maximum atomic E-state index is 13.7. The van der Waals surface area contributed by atoms with Crippen molar-refractivity contribution in [2.24, 2.45) is 0 Å². The minimum Gasteiger partial charge on any atom is -0.497 e. The largest absolute Gasteiger partial charge is 0.497 e. The van der Waals surface area contributed by atoms with Crippen molar-refractivity contribution in [3.05, 3.63) is 59.9 Å². The molecule has 1 aromatic carbocycles. The predicted molar refractivity (Wildman–Crippen MR) is 99.6 cm³/mol. The zero-order valence-electron chi connectivity index (χ0n) is 15.1. The molecule has 3 heterocycles. The standard InChI is InChI=1S/C20H22N4O3/c1-26-17-6-4-14(5-7-17)20(15-3-2-10-22-13-15)18(25)24(19(21)23-20)16-8-11-27-12-9-16/h2-7,10,13,16H,8-9,11-12H2,1H3,(H2,21,23). The Balaban J connectivity index is 1.81. The Bertz CT molecular complexity index is 834. The molecule has 2 aliphatic heterocycles. The molecule has 0 aliphatic carbocycles. The lowest BCUT2D eigenvalue weighted by atomic mass is 9.83. The van der Waals surface area contributed by atoms with Crippen LogP contribution in [0.4, 0.5) is 0 Å². The molecule has 140 valence electrons. The summed E-state index contributed by atoms with van der Waals surface area (Å²) in [6.45, 7) is 1.20. The lowest BCUT2D eigenvalue weighted by Gasteiger charge is -2.32. The van der Waals surface area contributed by atoms with Crippen LogP contribution < -0.4 is 10.1 Å². The fourth-order valence-electron chi connectivity index (χ4n) is 3.85. The van der Waals surface area contributed by atoms with Gasteiger partial charge in [0.15, 0.2) is 11.5 Å². The number of hydrogen-bond acceptors (Lipinski definition) is 5. The number of benzene rings is 1. The fraction of sp³-hybridized carbons (Fsp3) is 0.350. The Morgan fingerprint density at radius 2 is 1.96 bits per heavy atom. The highest BCUT2D eigenvalue weighted by atomic mass is 16.5. The van der Waals surface area contributed by atoms with Crippen molar-refractivity contribution < 1.29 is 14.3 Å². The normalized spacial score (nSPS) is 23.4. The fourth-order valence-corrected chi connectivity index (χ4v) is 3.85. The first-order chi connectivity index (χ1) is 13.2. The van der Waals surface area contributed by atoms with Gasteiger partial charge in [0.1, 0.15) is 5.75 Å². The SMILES string of the molecule is COc1ccc(C2(c3cccnc3)NC(=N)N(C3CCOCC3)C2=O)cc1. The van der Waals surface area contributed by atoms with Gasteiger partial charge in [0.25, 0.3) is 5.91 Å². The molecule has 1 aromatic heterocycles. The van der Waals surface area contributed by atoms with Gasteiger partial charge < -0.3 is 14.8 Å². The first kappa shape index (κ1) is 17.5. The summed E-state index contributed by atoms with van der Waals surface area (Å²) in [5.41, 5.74) is 0.288.